The summed E-state index contributed by atoms with van der Waals surface area (Å²) >= 11 is 0. The van der Waals surface area contributed by atoms with Crippen LogP contribution in [-0.2, 0) is 11.3 Å². The number of hydrogen-bond donors (Lipinski definition) is 0. The molecule has 22 heavy (non-hydrogen) atoms. The van der Waals surface area contributed by atoms with Crippen molar-refractivity contribution in [3.63, 3.8) is 0 Å². The average Bonchev–Trinajstić information content (AvgIpc) is 2.90. The monoisotopic (exact) mass is 314 g/mol. The van der Waals surface area contributed by atoms with Gasteiger partial charge in [-0.25, -0.2) is 8.78 Å². The van der Waals surface area contributed by atoms with Gasteiger partial charge in [-0.3, -0.25) is 14.5 Å². The lowest BCUT2D eigenvalue weighted by Gasteiger charge is -2.39. The maximum absolute atomic E-state index is 13.1. The van der Waals surface area contributed by atoms with E-state index in [2.05, 4.69) is 21.8 Å². The van der Waals surface area contributed by atoms with Crippen LogP contribution >= 0.6 is 0 Å². The van der Waals surface area contributed by atoms with E-state index in [1.54, 1.807) is 19.5 Å². The summed E-state index contributed by atoms with van der Waals surface area (Å²) in [5.41, 5.74) is 1.01. The molecule has 7 heteroatoms. The molecule has 2 aliphatic rings. The Hall–Kier alpha value is -1.05. The molecule has 1 saturated heterocycles. The van der Waals surface area contributed by atoms with Gasteiger partial charge in [-0.1, -0.05) is 0 Å². The zero-order chi connectivity index (χ0) is 15.7. The van der Waals surface area contributed by atoms with Gasteiger partial charge in [0.1, 0.15) is 6.04 Å². The minimum atomic E-state index is -2.56. The summed E-state index contributed by atoms with van der Waals surface area (Å²) in [6.45, 7) is 7.69. The fourth-order valence-electron chi connectivity index (χ4n) is 3.13. The zero-order valence-corrected chi connectivity index (χ0v) is 13.2. The fraction of sp³-hybridized carbons (Fsp3) is 0.800. The molecule has 3 rings (SSSR count). The zero-order valence-electron chi connectivity index (χ0n) is 13.2. The molecule has 1 aliphatic heterocycles. The summed E-state index contributed by atoms with van der Waals surface area (Å²) in [6, 6.07) is -0.252. The Morgan fingerprint density at radius 2 is 2.18 bits per heavy atom. The largest absolute Gasteiger partial charge is 0.383 e. The summed E-state index contributed by atoms with van der Waals surface area (Å²) in [5.74, 6) is -2.56. The van der Waals surface area contributed by atoms with Crippen LogP contribution in [0.3, 0.4) is 0 Å². The molecule has 1 aliphatic carbocycles. The van der Waals surface area contributed by atoms with Crippen molar-refractivity contribution in [2.75, 3.05) is 39.9 Å². The molecule has 1 aromatic rings. The molecule has 0 bridgehead atoms. The Morgan fingerprint density at radius 1 is 1.41 bits per heavy atom. The maximum atomic E-state index is 13.1. The molecule has 1 saturated carbocycles. The van der Waals surface area contributed by atoms with Crippen molar-refractivity contribution >= 4 is 0 Å². The number of hydrogen-bond acceptors (Lipinski definition) is 4. The smallest absolute Gasteiger partial charge is 0.272 e. The Balaban J connectivity index is 1.50. The van der Waals surface area contributed by atoms with Crippen molar-refractivity contribution in [2.45, 2.75) is 37.9 Å². The number of rotatable bonds is 6. The lowest BCUT2D eigenvalue weighted by molar-refractivity contribution is 0.0557. The summed E-state index contributed by atoms with van der Waals surface area (Å²) in [6.07, 6.45) is 3.41. The van der Waals surface area contributed by atoms with E-state index >= 15 is 0 Å². The van der Waals surface area contributed by atoms with Crippen LogP contribution in [0.4, 0.5) is 8.78 Å². The van der Waals surface area contributed by atoms with Crippen LogP contribution in [0, 0.1) is 0 Å². The van der Waals surface area contributed by atoms with Gasteiger partial charge in [-0.15, -0.1) is 0 Å². The first-order valence-electron chi connectivity index (χ1n) is 7.86. The third kappa shape index (κ3) is 3.47. The summed E-state index contributed by atoms with van der Waals surface area (Å²) < 4.78 is 32.7. The SMILES string of the molecule is COCCN1CCN(Cc2cnn(C3CC3(F)F)c2)CC1C. The predicted molar refractivity (Wildman–Crippen MR) is 79.0 cm³/mol. The van der Waals surface area contributed by atoms with Crippen molar-refractivity contribution in [1.82, 2.24) is 19.6 Å². The van der Waals surface area contributed by atoms with E-state index in [0.717, 1.165) is 44.9 Å². The van der Waals surface area contributed by atoms with E-state index in [1.807, 2.05) is 0 Å². The molecule has 1 aromatic heterocycles. The van der Waals surface area contributed by atoms with Crippen LogP contribution in [0.25, 0.3) is 0 Å². The van der Waals surface area contributed by atoms with Gasteiger partial charge in [-0.05, 0) is 6.92 Å². The molecular formula is C15H24F2N4O. The predicted octanol–water partition coefficient (Wildman–Crippen LogP) is 1.62. The molecule has 0 N–H and O–H groups in total. The van der Waals surface area contributed by atoms with E-state index in [9.17, 15) is 8.78 Å². The number of ether oxygens (including phenoxy) is 1. The molecule has 2 heterocycles. The number of alkyl halides is 2. The van der Waals surface area contributed by atoms with E-state index in [4.69, 9.17) is 4.74 Å². The number of halogens is 2. The summed E-state index contributed by atoms with van der Waals surface area (Å²) in [7, 11) is 1.72. The first-order valence-corrected chi connectivity index (χ1v) is 7.86. The Bertz CT molecular complexity index is 507. The van der Waals surface area contributed by atoms with Crippen LogP contribution in [0.15, 0.2) is 12.4 Å². The minimum Gasteiger partial charge on any atom is -0.383 e. The second-order valence-electron chi connectivity index (χ2n) is 6.42. The van der Waals surface area contributed by atoms with Crippen LogP contribution in [0.2, 0.25) is 0 Å². The second kappa shape index (κ2) is 6.22. The number of nitrogens with zero attached hydrogens (tertiary/aromatic N) is 4. The molecule has 0 spiro atoms. The van der Waals surface area contributed by atoms with Gasteiger partial charge in [0.25, 0.3) is 5.92 Å². The number of piperazine rings is 1. The average molecular weight is 314 g/mol. The summed E-state index contributed by atoms with van der Waals surface area (Å²) in [5, 5.41) is 4.10. The third-order valence-electron chi connectivity index (χ3n) is 4.61. The summed E-state index contributed by atoms with van der Waals surface area (Å²) in [4.78, 5) is 4.79. The first kappa shape index (κ1) is 15.8. The fourth-order valence-corrected chi connectivity index (χ4v) is 3.13. The van der Waals surface area contributed by atoms with E-state index in [1.165, 1.54) is 4.68 Å². The van der Waals surface area contributed by atoms with Gasteiger partial charge < -0.3 is 4.74 Å². The van der Waals surface area contributed by atoms with Crippen molar-refractivity contribution in [2.24, 2.45) is 0 Å². The highest BCUT2D eigenvalue weighted by atomic mass is 19.3. The molecule has 0 radical (unpaired) electrons. The highest BCUT2D eigenvalue weighted by Crippen LogP contribution is 2.52. The molecule has 5 nitrogen and oxygen atoms in total. The van der Waals surface area contributed by atoms with Gasteiger partial charge in [-0.2, -0.15) is 5.10 Å². The normalized spacial score (nSPS) is 28.9. The quantitative estimate of drug-likeness (QED) is 0.799. The van der Waals surface area contributed by atoms with Crippen molar-refractivity contribution in [3.8, 4) is 0 Å². The van der Waals surface area contributed by atoms with Gasteiger partial charge in [0.05, 0.1) is 12.8 Å². The third-order valence-corrected chi connectivity index (χ3v) is 4.61. The van der Waals surface area contributed by atoms with Gasteiger partial charge in [0.2, 0.25) is 0 Å². The first-order chi connectivity index (χ1) is 10.5. The molecule has 124 valence electrons. The molecule has 2 unspecified atom stereocenters. The Morgan fingerprint density at radius 3 is 2.82 bits per heavy atom. The van der Waals surface area contributed by atoms with E-state index in [0.29, 0.717) is 6.04 Å². The topological polar surface area (TPSA) is 33.5 Å². The molecular weight excluding hydrogens is 290 g/mol. The van der Waals surface area contributed by atoms with Crippen LogP contribution in [-0.4, -0.2) is 71.4 Å². The lowest BCUT2D eigenvalue weighted by Crippen LogP contribution is -2.52. The molecule has 2 fully saturated rings. The van der Waals surface area contributed by atoms with Gasteiger partial charge >= 0.3 is 0 Å². The highest BCUT2D eigenvalue weighted by molar-refractivity contribution is 5.09. The second-order valence-corrected chi connectivity index (χ2v) is 6.42. The van der Waals surface area contributed by atoms with Crippen LogP contribution in [0.1, 0.15) is 24.9 Å². The molecule has 2 atom stereocenters. The lowest BCUT2D eigenvalue weighted by atomic mass is 10.2. The maximum Gasteiger partial charge on any atom is 0.272 e. The Kier molecular flexibility index (Phi) is 4.47. The number of aromatic nitrogens is 2. The molecule has 0 amide bonds. The van der Waals surface area contributed by atoms with Crippen LogP contribution < -0.4 is 0 Å². The van der Waals surface area contributed by atoms with Gasteiger partial charge in [0, 0.05) is 64.1 Å². The van der Waals surface area contributed by atoms with E-state index in [-0.39, 0.29) is 6.42 Å². The standard InChI is InChI=1S/C15H24F2N4O/c1-12-9-19(3-4-20(12)5-6-22-2)10-13-8-18-21(11-13)14-7-15(14,16)17/h8,11-12,14H,3-7,9-10H2,1-2H3. The van der Waals surface area contributed by atoms with Crippen molar-refractivity contribution in [3.05, 3.63) is 18.0 Å². The Labute approximate surface area is 129 Å². The van der Waals surface area contributed by atoms with Gasteiger partial charge in [0.15, 0.2) is 0 Å². The number of methoxy groups -OCH3 is 1. The minimum absolute atomic E-state index is 0.0800. The van der Waals surface area contributed by atoms with Crippen molar-refractivity contribution in [1.29, 1.82) is 0 Å². The highest BCUT2D eigenvalue weighted by Gasteiger charge is 2.59. The van der Waals surface area contributed by atoms with E-state index < -0.39 is 12.0 Å². The molecule has 0 aromatic carbocycles. The van der Waals surface area contributed by atoms with Crippen molar-refractivity contribution < 1.29 is 13.5 Å². The van der Waals surface area contributed by atoms with Crippen LogP contribution in [0.5, 0.6) is 0 Å².